The summed E-state index contributed by atoms with van der Waals surface area (Å²) in [6, 6.07) is 14.9. The summed E-state index contributed by atoms with van der Waals surface area (Å²) in [5.41, 5.74) is 8.51. The summed E-state index contributed by atoms with van der Waals surface area (Å²) in [5.74, 6) is -1.62. The fraction of sp³-hybridized carbons (Fsp3) is 0.360. The minimum Gasteiger partial charge on any atom is -0.481 e. The molecule has 2 saturated heterocycles. The molecule has 4 rings (SSSR count). The van der Waals surface area contributed by atoms with Crippen LogP contribution in [0.3, 0.4) is 0 Å². The highest BCUT2D eigenvalue weighted by Crippen LogP contribution is 2.29. The van der Waals surface area contributed by atoms with E-state index in [2.05, 4.69) is 10.2 Å². The highest BCUT2D eigenvalue weighted by Gasteiger charge is 2.38. The number of nitrogens with zero attached hydrogens (tertiary/aromatic N) is 1. The number of rotatable bonds is 9. The second kappa shape index (κ2) is 9.97. The largest absolute Gasteiger partial charge is 0.481 e. The van der Waals surface area contributed by atoms with Gasteiger partial charge in [-0.2, -0.15) is 0 Å². The van der Waals surface area contributed by atoms with Gasteiger partial charge >= 0.3 is 5.97 Å². The number of fused-ring (bicyclic) bond motifs is 2. The van der Waals surface area contributed by atoms with Crippen LogP contribution in [0.4, 0.5) is 11.4 Å². The number of hydrogen-bond donors (Lipinski definition) is 3. The Morgan fingerprint density at radius 2 is 2.00 bits per heavy atom. The SMILES string of the molecule is Nc1ccccc1NC(=O)C=Cc1ccc(C(CCCN2CC3CC2CO3)C(=O)O)cc1. The van der Waals surface area contributed by atoms with E-state index in [4.69, 9.17) is 10.5 Å². The summed E-state index contributed by atoms with van der Waals surface area (Å²) in [7, 11) is 0. The Labute approximate surface area is 187 Å². The number of carbonyl (C=O) groups excluding carboxylic acids is 1. The van der Waals surface area contributed by atoms with E-state index >= 15 is 0 Å². The molecular weight excluding hydrogens is 406 g/mol. The number of carboxylic acid groups (broad SMARTS) is 1. The molecule has 7 nitrogen and oxygen atoms in total. The highest BCUT2D eigenvalue weighted by atomic mass is 16.5. The second-order valence-corrected chi connectivity index (χ2v) is 8.45. The summed E-state index contributed by atoms with van der Waals surface area (Å²) in [6.45, 7) is 2.68. The van der Waals surface area contributed by atoms with E-state index < -0.39 is 11.9 Å². The third-order valence-corrected chi connectivity index (χ3v) is 6.23. The molecule has 0 saturated carbocycles. The Balaban J connectivity index is 1.30. The molecule has 2 aliphatic heterocycles. The number of carboxylic acids is 1. The molecule has 3 unspecified atom stereocenters. The number of para-hydroxylation sites is 2. The van der Waals surface area contributed by atoms with Crippen LogP contribution in [-0.2, 0) is 14.3 Å². The number of benzene rings is 2. The standard InChI is InChI=1S/C25H29N3O4/c26-22-5-1-2-6-23(22)27-24(29)12-9-17-7-10-18(11-8-17)21(25(30)31)4-3-13-28-15-20-14-19(28)16-32-20/h1-2,5-12,19-21H,3-4,13-16,26H2,(H,27,29)(H,30,31). The van der Waals surface area contributed by atoms with Gasteiger partial charge in [0.15, 0.2) is 0 Å². The van der Waals surface area contributed by atoms with Crippen LogP contribution in [0.1, 0.15) is 36.3 Å². The molecule has 4 N–H and O–H groups in total. The summed E-state index contributed by atoms with van der Waals surface area (Å²) in [5, 5.41) is 12.5. The number of carbonyl (C=O) groups is 2. The third-order valence-electron chi connectivity index (χ3n) is 6.23. The van der Waals surface area contributed by atoms with Crippen molar-refractivity contribution >= 4 is 29.3 Å². The first-order chi connectivity index (χ1) is 15.5. The smallest absolute Gasteiger partial charge is 0.310 e. The Morgan fingerprint density at radius 1 is 1.22 bits per heavy atom. The van der Waals surface area contributed by atoms with Crippen LogP contribution >= 0.6 is 0 Å². The van der Waals surface area contributed by atoms with Gasteiger partial charge in [0.25, 0.3) is 0 Å². The van der Waals surface area contributed by atoms with E-state index in [1.54, 1.807) is 30.3 Å². The van der Waals surface area contributed by atoms with Gasteiger partial charge in [0, 0.05) is 18.7 Å². The monoisotopic (exact) mass is 435 g/mol. The molecule has 0 aromatic heterocycles. The zero-order valence-electron chi connectivity index (χ0n) is 17.9. The number of ether oxygens (including phenoxy) is 1. The Bertz CT molecular complexity index is 989. The lowest BCUT2D eigenvalue weighted by Crippen LogP contribution is -2.37. The van der Waals surface area contributed by atoms with Crippen molar-refractivity contribution in [2.75, 3.05) is 30.7 Å². The van der Waals surface area contributed by atoms with Gasteiger partial charge in [-0.1, -0.05) is 36.4 Å². The molecule has 0 aliphatic carbocycles. The molecule has 2 aromatic rings. The van der Waals surface area contributed by atoms with Gasteiger partial charge in [0.05, 0.1) is 30.0 Å². The molecule has 0 radical (unpaired) electrons. The minimum absolute atomic E-state index is 0.281. The van der Waals surface area contributed by atoms with Crippen molar-refractivity contribution in [3.05, 3.63) is 65.7 Å². The number of amides is 1. The second-order valence-electron chi connectivity index (χ2n) is 8.45. The predicted octanol–water partition coefficient (Wildman–Crippen LogP) is 3.34. The van der Waals surface area contributed by atoms with E-state index in [-0.39, 0.29) is 5.91 Å². The zero-order chi connectivity index (χ0) is 22.5. The number of anilines is 2. The molecular formula is C25H29N3O4. The van der Waals surface area contributed by atoms with Gasteiger partial charge in [0.2, 0.25) is 5.91 Å². The fourth-order valence-electron chi connectivity index (χ4n) is 4.48. The van der Waals surface area contributed by atoms with Crippen LogP contribution in [0.25, 0.3) is 6.08 Å². The summed E-state index contributed by atoms with van der Waals surface area (Å²) in [4.78, 5) is 26.4. The van der Waals surface area contributed by atoms with Crippen molar-refractivity contribution in [1.82, 2.24) is 4.90 Å². The van der Waals surface area contributed by atoms with Crippen LogP contribution in [-0.4, -0.2) is 53.7 Å². The van der Waals surface area contributed by atoms with E-state index in [1.165, 1.54) is 6.08 Å². The van der Waals surface area contributed by atoms with Crippen LogP contribution in [0.15, 0.2) is 54.6 Å². The molecule has 168 valence electrons. The van der Waals surface area contributed by atoms with Crippen molar-refractivity contribution in [3.8, 4) is 0 Å². The number of hydrogen-bond acceptors (Lipinski definition) is 5. The van der Waals surface area contributed by atoms with Crippen LogP contribution < -0.4 is 11.1 Å². The normalized spacial score (nSPS) is 21.1. The van der Waals surface area contributed by atoms with Crippen LogP contribution in [0, 0.1) is 0 Å². The van der Waals surface area contributed by atoms with Crippen molar-refractivity contribution in [1.29, 1.82) is 0 Å². The average molecular weight is 436 g/mol. The number of nitrogen functional groups attached to an aromatic ring is 1. The van der Waals surface area contributed by atoms with Gasteiger partial charge < -0.3 is 20.9 Å². The van der Waals surface area contributed by atoms with E-state index in [0.29, 0.717) is 29.9 Å². The van der Waals surface area contributed by atoms with Gasteiger partial charge in [-0.3, -0.25) is 14.5 Å². The predicted molar refractivity (Wildman–Crippen MR) is 124 cm³/mol. The van der Waals surface area contributed by atoms with Gasteiger partial charge in [-0.25, -0.2) is 0 Å². The molecule has 3 atom stereocenters. The molecule has 2 fully saturated rings. The molecule has 2 aliphatic rings. The summed E-state index contributed by atoms with van der Waals surface area (Å²) in [6.07, 6.45) is 6.03. The number of nitrogens with two attached hydrogens (primary N) is 1. The summed E-state index contributed by atoms with van der Waals surface area (Å²) < 4.78 is 5.63. The number of morpholine rings is 1. The van der Waals surface area contributed by atoms with Gasteiger partial charge in [-0.05, 0) is 55.1 Å². The maximum atomic E-state index is 12.1. The van der Waals surface area contributed by atoms with Crippen molar-refractivity contribution in [3.63, 3.8) is 0 Å². The molecule has 2 bridgehead atoms. The Hall–Kier alpha value is -3.16. The lowest BCUT2D eigenvalue weighted by Gasteiger charge is -2.27. The molecule has 7 heteroatoms. The molecule has 32 heavy (non-hydrogen) atoms. The first-order valence-corrected chi connectivity index (χ1v) is 11.0. The summed E-state index contributed by atoms with van der Waals surface area (Å²) >= 11 is 0. The van der Waals surface area contributed by atoms with Gasteiger partial charge in [-0.15, -0.1) is 0 Å². The molecule has 1 amide bonds. The lowest BCUT2D eigenvalue weighted by atomic mass is 9.93. The zero-order valence-corrected chi connectivity index (χ0v) is 17.9. The van der Waals surface area contributed by atoms with Crippen LogP contribution in [0.2, 0.25) is 0 Å². The number of nitrogens with one attached hydrogen (secondary N) is 1. The van der Waals surface area contributed by atoms with Crippen molar-refractivity contribution < 1.29 is 19.4 Å². The van der Waals surface area contributed by atoms with Crippen LogP contribution in [0.5, 0.6) is 0 Å². The Kier molecular flexibility index (Phi) is 6.87. The average Bonchev–Trinajstić information content (AvgIpc) is 3.41. The maximum Gasteiger partial charge on any atom is 0.310 e. The molecule has 2 aromatic carbocycles. The van der Waals surface area contributed by atoms with Gasteiger partial charge in [0.1, 0.15) is 0 Å². The number of likely N-dealkylation sites (tertiary alicyclic amines) is 1. The van der Waals surface area contributed by atoms with Crippen molar-refractivity contribution in [2.24, 2.45) is 0 Å². The highest BCUT2D eigenvalue weighted by molar-refractivity contribution is 6.03. The first-order valence-electron chi connectivity index (χ1n) is 11.0. The molecule has 0 spiro atoms. The van der Waals surface area contributed by atoms with E-state index in [0.717, 1.165) is 43.7 Å². The van der Waals surface area contributed by atoms with E-state index in [1.807, 2.05) is 24.3 Å². The lowest BCUT2D eigenvalue weighted by molar-refractivity contribution is -0.139. The number of aliphatic carboxylic acids is 1. The van der Waals surface area contributed by atoms with Crippen molar-refractivity contribution in [2.45, 2.75) is 37.3 Å². The molecule has 2 heterocycles. The topological polar surface area (TPSA) is 105 Å². The fourth-order valence-corrected chi connectivity index (χ4v) is 4.48. The quantitative estimate of drug-likeness (QED) is 0.412. The van der Waals surface area contributed by atoms with E-state index in [9.17, 15) is 14.7 Å². The maximum absolute atomic E-state index is 12.1. The Morgan fingerprint density at radius 3 is 2.66 bits per heavy atom. The third kappa shape index (κ3) is 5.36. The minimum atomic E-state index is -0.806. The first kappa shape index (κ1) is 22.0.